The van der Waals surface area contributed by atoms with Gasteiger partial charge in [-0.15, -0.1) is 0 Å². The molecule has 5 aliphatic heterocycles. The number of ether oxygens (including phenoxy) is 1. The molecule has 0 radical (unpaired) electrons. The second-order valence-corrected chi connectivity index (χ2v) is 34.6. The van der Waals surface area contributed by atoms with E-state index < -0.39 is 27.1 Å². The molecule has 3 aromatic heterocycles. The van der Waals surface area contributed by atoms with Crippen LogP contribution in [0.15, 0.2) is 196 Å². The predicted octanol–water partition coefficient (Wildman–Crippen LogP) is 14.7. The lowest BCUT2D eigenvalue weighted by atomic mass is 9.66. The highest BCUT2D eigenvalue weighted by Crippen LogP contribution is 2.59. The molecule has 24 heteroatoms. The van der Waals surface area contributed by atoms with Gasteiger partial charge in [-0.1, -0.05) is 122 Å². The summed E-state index contributed by atoms with van der Waals surface area (Å²) >= 11 is 0. The molecule has 14 atom stereocenters. The Morgan fingerprint density at radius 1 is 0.342 bits per heavy atom. The molecule has 117 heavy (non-hydrogen) atoms. The normalized spacial score (nSPS) is 29.4. The van der Waals surface area contributed by atoms with Crippen molar-refractivity contribution >= 4 is 87.0 Å². The monoisotopic (exact) mass is 1580 g/mol. The van der Waals surface area contributed by atoms with E-state index in [0.717, 1.165) is 71.0 Å². The number of nitrogens with one attached hydrogen (secondary N) is 3. The number of hydrazone groups is 5. The third kappa shape index (κ3) is 15.5. The Morgan fingerprint density at radius 3 is 0.897 bits per heavy atom. The summed E-state index contributed by atoms with van der Waals surface area (Å²) in [7, 11) is 1.60. The Balaban J connectivity index is 0.000000120. The molecular weight excluding hydrogens is 1480 g/mol. The maximum Gasteiger partial charge on any atom is 0.259 e. The summed E-state index contributed by atoms with van der Waals surface area (Å²) in [5, 5.41) is 28.8. The first kappa shape index (κ1) is 82.1. The second-order valence-electron chi connectivity index (χ2n) is 34.6. The first-order chi connectivity index (χ1) is 56.0. The molecule has 8 heterocycles. The summed E-state index contributed by atoms with van der Waals surface area (Å²) in [6, 6.07) is 45.3. The maximum atomic E-state index is 13.1. The zero-order chi connectivity index (χ0) is 83.0. The minimum absolute atomic E-state index is 0.00690. The van der Waals surface area contributed by atoms with Crippen LogP contribution in [-0.4, -0.2) is 167 Å². The number of aromatic amines is 3. The van der Waals surface area contributed by atoms with E-state index in [9.17, 15) is 47.9 Å². The highest BCUT2D eigenvalue weighted by Gasteiger charge is 2.61. The van der Waals surface area contributed by atoms with Crippen LogP contribution < -0.4 is 4.74 Å². The molecule has 0 spiro atoms. The zero-order valence-corrected chi connectivity index (χ0v) is 68.8. The third-order valence-corrected chi connectivity index (χ3v) is 28.2. The fourth-order valence-electron chi connectivity index (χ4n) is 20.6. The fraction of sp³-hybridized carbons (Fsp3) is 0.452. The average molecular weight is 1580 g/mol. The van der Waals surface area contributed by atoms with Crippen molar-refractivity contribution < 1.29 is 52.7 Å². The van der Waals surface area contributed by atoms with Crippen molar-refractivity contribution in [2.24, 2.45) is 95.0 Å². The van der Waals surface area contributed by atoms with Crippen molar-refractivity contribution in [3.05, 3.63) is 210 Å². The van der Waals surface area contributed by atoms with E-state index >= 15 is 0 Å². The van der Waals surface area contributed by atoms with Crippen molar-refractivity contribution in [2.45, 2.75) is 157 Å². The van der Waals surface area contributed by atoms with Crippen LogP contribution in [0.1, 0.15) is 210 Å². The van der Waals surface area contributed by atoms with Crippen LogP contribution in [0, 0.1) is 69.5 Å². The molecule has 5 amide bonds. The second kappa shape index (κ2) is 33.3. The number of hydrogen-bond acceptors (Lipinski definition) is 16. The third-order valence-electron chi connectivity index (χ3n) is 28.2. The van der Waals surface area contributed by atoms with E-state index in [0.29, 0.717) is 75.1 Å². The van der Waals surface area contributed by atoms with E-state index in [4.69, 9.17) is 4.74 Å². The molecule has 11 unspecified atom stereocenters. The Morgan fingerprint density at radius 2 is 0.624 bits per heavy atom. The van der Waals surface area contributed by atoms with Crippen LogP contribution in [0.2, 0.25) is 0 Å². The number of carbonyl (C=O) groups is 10. The summed E-state index contributed by atoms with van der Waals surface area (Å²) in [5.41, 5.74) is 5.22. The van der Waals surface area contributed by atoms with Gasteiger partial charge in [0.2, 0.25) is 17.3 Å². The molecule has 6 saturated carbocycles. The molecule has 610 valence electrons. The molecule has 6 aliphatic carbocycles. The molecule has 7 aromatic rings. The van der Waals surface area contributed by atoms with Crippen LogP contribution >= 0.6 is 0 Å². The minimum atomic E-state index is -0.872. The van der Waals surface area contributed by atoms with Crippen LogP contribution in [-0.2, 0) is 34.8 Å². The average Bonchev–Trinajstić information content (AvgIpc) is 1.40. The maximum absolute atomic E-state index is 13.1. The Bertz CT molecular complexity index is 4820. The Kier molecular flexibility index (Phi) is 23.4. The summed E-state index contributed by atoms with van der Waals surface area (Å²) < 4.78 is 5.17. The summed E-state index contributed by atoms with van der Waals surface area (Å²) in [5.74, 6) is 5.33. The number of benzene rings is 4. The van der Waals surface area contributed by atoms with E-state index in [1.807, 2.05) is 148 Å². The van der Waals surface area contributed by atoms with Crippen LogP contribution in [0.5, 0.6) is 5.75 Å². The van der Waals surface area contributed by atoms with E-state index in [-0.39, 0.29) is 91.2 Å². The number of fused-ring (bicyclic) bond motifs is 6. The molecule has 3 N–H and O–H groups in total. The predicted molar refractivity (Wildman–Crippen MR) is 446 cm³/mol. The number of amides is 5. The molecule has 0 saturated heterocycles. The van der Waals surface area contributed by atoms with Gasteiger partial charge in [0.05, 0.1) is 69.0 Å². The van der Waals surface area contributed by atoms with Crippen molar-refractivity contribution in [3.8, 4) is 5.75 Å². The molecular formula is C93H107N13O11. The van der Waals surface area contributed by atoms with E-state index in [1.165, 1.54) is 82.8 Å². The first-order valence-electron chi connectivity index (χ1n) is 41.2. The Hall–Kier alpha value is -11.4. The number of aromatic nitrogens is 3. The van der Waals surface area contributed by atoms with Gasteiger partial charge < -0.3 is 19.7 Å². The summed E-state index contributed by atoms with van der Waals surface area (Å²) in [4.78, 5) is 135. The molecule has 6 bridgehead atoms. The van der Waals surface area contributed by atoms with Gasteiger partial charge >= 0.3 is 0 Å². The molecule has 4 aromatic carbocycles. The van der Waals surface area contributed by atoms with Crippen molar-refractivity contribution in [1.82, 2.24) is 40.0 Å². The van der Waals surface area contributed by atoms with E-state index in [2.05, 4.69) is 40.5 Å². The van der Waals surface area contributed by atoms with Gasteiger partial charge in [-0.05, 0) is 240 Å². The van der Waals surface area contributed by atoms with E-state index in [1.54, 1.807) is 98.5 Å². The van der Waals surface area contributed by atoms with Gasteiger partial charge in [0.25, 0.3) is 29.5 Å². The topological polar surface area (TPSA) is 305 Å². The van der Waals surface area contributed by atoms with Gasteiger partial charge in [0.1, 0.15) is 49.3 Å². The Labute approximate surface area is 683 Å². The molecule has 11 aliphatic rings. The van der Waals surface area contributed by atoms with Gasteiger partial charge in [-0.25, -0.2) is 25.0 Å². The standard InChI is InChI=1S/C20H20N2O3.C19H18N2O2.3C18H23N3O2/c1-14-20(2,16-9-11-17(25-3)12-10-16)19(24)22(21-14)13-18(23)15-7-5-4-6-8-15;1-14-19(2,16-11-7-4-8-12-16)18(23)21(20-14)13-17(22)15-9-5-3-6-10-15;3*1-11-18(2,14-9-12-5-6-13(14)8-12)17(23)21(20-11)10-16(22)15-4-3-7-19-15/h4-12H,13H2,1-3H3;3-12H,13H2,1-2H3;3*3-4,7,12-14,19H,5-6,8-10H2,1-2H3/t;;12?,13?,14?,18-;2*12?,13?,14-,18?/m..110/s1. The number of hydrogen-bond donors (Lipinski definition) is 3. The summed E-state index contributed by atoms with van der Waals surface area (Å²) in [6.45, 7) is 19.3. The van der Waals surface area contributed by atoms with Crippen LogP contribution in [0.4, 0.5) is 0 Å². The fourth-order valence-corrected chi connectivity index (χ4v) is 20.6. The SMILES string of the molecule is CC1=NN(CC(=O)c2ccc[nH]2)C(=O)C1(C)[C@@H]1CC2CCC1C2.CC1=NN(CC(=O)c2ccc[nH]2)C(=O)C1(C)[C@H]1CC2CCC1C2.CC1=NN(CC(=O)c2ccc[nH]2)C(=O)[C@@]1(C)C1CC2CCC1C2.CC1=NN(CC(=O)c2ccccc2)C(=O)C1(C)c1ccccc1.COc1ccc(C2(C)C(=O)N(CC(=O)c3ccccc3)N=C2C)cc1. The molecule has 6 fully saturated rings. The zero-order valence-electron chi connectivity index (χ0n) is 68.8. The number of H-pyrrole nitrogens is 3. The highest BCUT2D eigenvalue weighted by atomic mass is 16.5. The largest absolute Gasteiger partial charge is 0.497 e. The number of ketones is 5. The van der Waals surface area contributed by atoms with Crippen LogP contribution in [0.3, 0.4) is 0 Å². The lowest BCUT2D eigenvalue weighted by Crippen LogP contribution is -2.45. The molecule has 24 nitrogen and oxygen atoms in total. The minimum Gasteiger partial charge on any atom is -0.497 e. The van der Waals surface area contributed by atoms with Crippen LogP contribution in [0.25, 0.3) is 0 Å². The number of carbonyl (C=O) groups excluding carboxylic acids is 10. The smallest absolute Gasteiger partial charge is 0.259 e. The lowest BCUT2D eigenvalue weighted by Gasteiger charge is -2.35. The number of rotatable bonds is 21. The number of methoxy groups -OCH3 is 1. The number of nitrogens with zero attached hydrogens (tertiary/aromatic N) is 10. The van der Waals surface area contributed by atoms with Gasteiger partial charge in [0.15, 0.2) is 11.6 Å². The van der Waals surface area contributed by atoms with Crippen molar-refractivity contribution in [1.29, 1.82) is 0 Å². The van der Waals surface area contributed by atoms with Gasteiger partial charge in [-0.3, -0.25) is 47.9 Å². The first-order valence-corrected chi connectivity index (χ1v) is 41.2. The van der Waals surface area contributed by atoms with Gasteiger partial charge in [0, 0.05) is 29.7 Å². The summed E-state index contributed by atoms with van der Waals surface area (Å²) in [6.07, 6.45) is 20.0. The number of Topliss-reactive ketones (excluding diaryl/α,β-unsaturated/α-hetero) is 5. The van der Waals surface area contributed by atoms with Gasteiger partial charge in [-0.2, -0.15) is 25.5 Å². The van der Waals surface area contributed by atoms with Crippen molar-refractivity contribution in [3.63, 3.8) is 0 Å². The quantitative estimate of drug-likeness (QED) is 0.0568. The molecule has 18 rings (SSSR count). The van der Waals surface area contributed by atoms with Crippen molar-refractivity contribution in [2.75, 3.05) is 39.8 Å². The lowest BCUT2D eigenvalue weighted by molar-refractivity contribution is -0.138. The highest BCUT2D eigenvalue weighted by molar-refractivity contribution is 6.19.